The third-order valence-electron chi connectivity index (χ3n) is 2.74. The Morgan fingerprint density at radius 2 is 2.21 bits per heavy atom. The van der Waals surface area contributed by atoms with Gasteiger partial charge in [0.05, 0.1) is 17.3 Å². The maximum absolute atomic E-state index is 4.57. The van der Waals surface area contributed by atoms with E-state index in [-0.39, 0.29) is 0 Å². The van der Waals surface area contributed by atoms with Crippen LogP contribution < -0.4 is 5.32 Å². The van der Waals surface area contributed by atoms with Gasteiger partial charge in [0.1, 0.15) is 0 Å². The van der Waals surface area contributed by atoms with Crippen LogP contribution in [0.4, 0.5) is 5.95 Å². The van der Waals surface area contributed by atoms with Crippen LogP contribution in [0, 0.1) is 0 Å². The molecule has 2 N–H and O–H groups in total. The van der Waals surface area contributed by atoms with Crippen LogP contribution >= 0.6 is 15.9 Å². The van der Waals surface area contributed by atoms with Gasteiger partial charge in [-0.05, 0) is 19.1 Å². The Balaban J connectivity index is 2.23. The summed E-state index contributed by atoms with van der Waals surface area (Å²) in [6, 6.07) is 8.03. The highest BCUT2D eigenvalue weighted by Crippen LogP contribution is 2.27. The molecule has 3 aromatic rings. The van der Waals surface area contributed by atoms with E-state index in [4.69, 9.17) is 0 Å². The second-order valence-corrected chi connectivity index (χ2v) is 4.98. The molecule has 19 heavy (non-hydrogen) atoms. The zero-order valence-electron chi connectivity index (χ0n) is 10.3. The number of halogens is 1. The molecule has 0 amide bonds. The van der Waals surface area contributed by atoms with Crippen LogP contribution in [0.5, 0.6) is 0 Å². The van der Waals surface area contributed by atoms with Crippen LogP contribution in [-0.4, -0.2) is 26.7 Å². The first kappa shape index (κ1) is 12.1. The van der Waals surface area contributed by atoms with Gasteiger partial charge in [-0.15, -0.1) is 0 Å². The largest absolute Gasteiger partial charge is 0.354 e. The first-order valence-electron chi connectivity index (χ1n) is 5.99. The Hall–Kier alpha value is -1.95. The molecule has 0 spiro atoms. The number of nitrogens with zero attached hydrogens (tertiary/aromatic N) is 3. The summed E-state index contributed by atoms with van der Waals surface area (Å²) in [5.74, 6) is 0.606. The number of rotatable bonds is 3. The van der Waals surface area contributed by atoms with Crippen molar-refractivity contribution in [3.05, 3.63) is 34.9 Å². The zero-order valence-corrected chi connectivity index (χ0v) is 11.9. The number of hydrogen-bond donors (Lipinski definition) is 2. The van der Waals surface area contributed by atoms with E-state index in [9.17, 15) is 0 Å². The van der Waals surface area contributed by atoms with E-state index < -0.39 is 0 Å². The van der Waals surface area contributed by atoms with Crippen LogP contribution in [-0.2, 0) is 0 Å². The Kier molecular flexibility index (Phi) is 3.16. The number of hydrogen-bond acceptors (Lipinski definition) is 4. The number of benzene rings is 1. The van der Waals surface area contributed by atoms with Crippen LogP contribution in [0.3, 0.4) is 0 Å². The highest BCUT2D eigenvalue weighted by molar-refractivity contribution is 9.10. The van der Waals surface area contributed by atoms with Gasteiger partial charge in [0.2, 0.25) is 5.95 Å². The summed E-state index contributed by atoms with van der Waals surface area (Å²) < 4.78 is 1.02. The highest BCUT2D eigenvalue weighted by Gasteiger charge is 2.11. The van der Waals surface area contributed by atoms with Crippen LogP contribution in [0.1, 0.15) is 6.92 Å². The predicted octanol–water partition coefficient (Wildman–Crippen LogP) is 3.21. The molecule has 0 saturated heterocycles. The fraction of sp³-hybridized carbons (Fsp3) is 0.154. The van der Waals surface area contributed by atoms with E-state index in [1.54, 1.807) is 6.20 Å². The molecule has 3 rings (SSSR count). The third-order valence-corrected chi connectivity index (χ3v) is 3.24. The van der Waals surface area contributed by atoms with Gasteiger partial charge in [-0.2, -0.15) is 10.1 Å². The number of aromatic nitrogens is 4. The second kappa shape index (κ2) is 4.97. The van der Waals surface area contributed by atoms with Gasteiger partial charge in [-0.3, -0.25) is 5.10 Å². The fourth-order valence-corrected chi connectivity index (χ4v) is 2.33. The minimum Gasteiger partial charge on any atom is -0.354 e. The Labute approximate surface area is 118 Å². The number of aromatic amines is 1. The summed E-state index contributed by atoms with van der Waals surface area (Å²) in [5, 5.41) is 11.0. The number of fused-ring (bicyclic) bond motifs is 1. The van der Waals surface area contributed by atoms with Crippen molar-refractivity contribution in [2.75, 3.05) is 11.9 Å². The molecular formula is C13H12BrN5. The molecule has 0 atom stereocenters. The molecule has 0 radical (unpaired) electrons. The summed E-state index contributed by atoms with van der Waals surface area (Å²) >= 11 is 3.48. The lowest BCUT2D eigenvalue weighted by Gasteiger charge is -2.06. The summed E-state index contributed by atoms with van der Waals surface area (Å²) in [6.07, 6.45) is 1.75. The zero-order chi connectivity index (χ0) is 13.2. The van der Waals surface area contributed by atoms with Crippen molar-refractivity contribution in [2.24, 2.45) is 0 Å². The highest BCUT2D eigenvalue weighted by atomic mass is 79.9. The van der Waals surface area contributed by atoms with Gasteiger partial charge in [0, 0.05) is 16.6 Å². The summed E-state index contributed by atoms with van der Waals surface area (Å²) in [7, 11) is 0. The van der Waals surface area contributed by atoms with Gasteiger partial charge < -0.3 is 5.32 Å². The molecular weight excluding hydrogens is 306 g/mol. The van der Waals surface area contributed by atoms with E-state index in [2.05, 4.69) is 41.4 Å². The molecule has 96 valence electrons. The smallest absolute Gasteiger partial charge is 0.225 e. The molecule has 0 aliphatic carbocycles. The first-order valence-corrected chi connectivity index (χ1v) is 6.78. The molecule has 0 aliphatic heterocycles. The monoisotopic (exact) mass is 317 g/mol. The van der Waals surface area contributed by atoms with Crippen LogP contribution in [0.15, 0.2) is 34.9 Å². The van der Waals surface area contributed by atoms with Gasteiger partial charge in [0.25, 0.3) is 0 Å². The van der Waals surface area contributed by atoms with Crippen molar-refractivity contribution in [3.8, 4) is 11.3 Å². The average Bonchev–Trinajstić information content (AvgIpc) is 2.86. The van der Waals surface area contributed by atoms with Crippen molar-refractivity contribution in [3.63, 3.8) is 0 Å². The van der Waals surface area contributed by atoms with Gasteiger partial charge in [-0.1, -0.05) is 28.1 Å². The summed E-state index contributed by atoms with van der Waals surface area (Å²) in [4.78, 5) is 8.95. The lowest BCUT2D eigenvalue weighted by Crippen LogP contribution is -2.03. The van der Waals surface area contributed by atoms with Gasteiger partial charge in [-0.25, -0.2) is 4.98 Å². The Bertz CT molecular complexity index is 722. The Morgan fingerprint density at radius 3 is 3.00 bits per heavy atom. The average molecular weight is 318 g/mol. The molecule has 0 saturated carbocycles. The minimum absolute atomic E-state index is 0.606. The predicted molar refractivity (Wildman–Crippen MR) is 79.0 cm³/mol. The maximum Gasteiger partial charge on any atom is 0.225 e. The van der Waals surface area contributed by atoms with Crippen molar-refractivity contribution in [1.29, 1.82) is 0 Å². The molecule has 2 aromatic heterocycles. The topological polar surface area (TPSA) is 66.5 Å². The quantitative estimate of drug-likeness (QED) is 0.778. The van der Waals surface area contributed by atoms with E-state index in [1.807, 2.05) is 31.2 Å². The maximum atomic E-state index is 4.57. The van der Waals surface area contributed by atoms with Crippen molar-refractivity contribution < 1.29 is 0 Å². The van der Waals surface area contributed by atoms with Gasteiger partial charge in [0.15, 0.2) is 5.65 Å². The Morgan fingerprint density at radius 1 is 1.32 bits per heavy atom. The lowest BCUT2D eigenvalue weighted by atomic mass is 10.1. The lowest BCUT2D eigenvalue weighted by molar-refractivity contribution is 1.07. The molecule has 2 heterocycles. The van der Waals surface area contributed by atoms with E-state index in [1.165, 1.54) is 0 Å². The number of anilines is 1. The molecule has 0 bridgehead atoms. The van der Waals surface area contributed by atoms with Crippen molar-refractivity contribution in [2.45, 2.75) is 6.92 Å². The molecule has 6 heteroatoms. The normalized spacial score (nSPS) is 10.8. The summed E-state index contributed by atoms with van der Waals surface area (Å²) in [5.41, 5.74) is 2.64. The van der Waals surface area contributed by atoms with Crippen LogP contribution in [0.2, 0.25) is 0 Å². The standard InChI is InChI=1S/C13H12BrN5/c1-2-15-13-17-11(8-4-3-5-9(14)6-8)10-7-16-19-12(10)18-13/h3-7H,2H2,1H3,(H2,15,16,17,18,19). The van der Waals surface area contributed by atoms with Crippen molar-refractivity contribution in [1.82, 2.24) is 20.2 Å². The molecule has 0 aliphatic rings. The van der Waals surface area contributed by atoms with Gasteiger partial charge >= 0.3 is 0 Å². The third kappa shape index (κ3) is 2.31. The molecule has 1 aromatic carbocycles. The fourth-order valence-electron chi connectivity index (χ4n) is 1.93. The molecule has 5 nitrogen and oxygen atoms in total. The van der Waals surface area contributed by atoms with E-state index in [0.29, 0.717) is 5.95 Å². The number of nitrogens with one attached hydrogen (secondary N) is 2. The summed E-state index contributed by atoms with van der Waals surface area (Å²) in [6.45, 7) is 2.79. The van der Waals surface area contributed by atoms with Crippen molar-refractivity contribution >= 4 is 32.9 Å². The molecule has 0 unspecified atom stereocenters. The van der Waals surface area contributed by atoms with Crippen LogP contribution in [0.25, 0.3) is 22.3 Å². The number of H-pyrrole nitrogens is 1. The SMILES string of the molecule is CCNc1nc(-c2cccc(Br)c2)c2cn[nH]c2n1. The minimum atomic E-state index is 0.606. The van der Waals surface area contributed by atoms with E-state index >= 15 is 0 Å². The second-order valence-electron chi connectivity index (χ2n) is 4.07. The molecule has 0 fully saturated rings. The first-order chi connectivity index (χ1) is 9.28. The van der Waals surface area contributed by atoms with E-state index in [0.717, 1.165) is 33.3 Å².